The number of hydrogen-bond donors (Lipinski definition) is 1. The molecule has 2 bridgehead atoms. The van der Waals surface area contributed by atoms with E-state index in [0.717, 1.165) is 0 Å². The number of fused-ring (bicyclic) bond motifs is 1. The predicted molar refractivity (Wildman–Crippen MR) is 123 cm³/mol. The van der Waals surface area contributed by atoms with E-state index in [1.165, 1.54) is 11.0 Å². The number of aliphatic hydroxyl groups excluding tert-OH is 1. The molecule has 0 radical (unpaired) electrons. The van der Waals surface area contributed by atoms with E-state index in [0.29, 0.717) is 25.8 Å². The molecule has 3 fully saturated rings. The predicted octanol–water partition coefficient (Wildman–Crippen LogP) is 2.06. The van der Waals surface area contributed by atoms with Gasteiger partial charge < -0.3 is 24.4 Å². The summed E-state index contributed by atoms with van der Waals surface area (Å²) in [5, 5.41) is 9.95. The number of nitrogens with zero attached hydrogens (tertiary/aromatic N) is 2. The third-order valence-electron chi connectivity index (χ3n) is 7.58. The lowest BCUT2D eigenvalue weighted by Crippen LogP contribution is -2.61. The van der Waals surface area contributed by atoms with Gasteiger partial charge in [0.15, 0.2) is 0 Å². The molecular formula is C25H38N2O6. The molecule has 2 unspecified atom stereocenters. The van der Waals surface area contributed by atoms with Crippen molar-refractivity contribution in [3.05, 3.63) is 25.3 Å². The SMILES string of the molecule is C=CCOC(=O)[C@@H]1[C@H]2C(=O)N([C@H](C)CO)C(C(=O)N(CC=C)C(C)(C)C)C23CC[C@@]1(CC)O3. The van der Waals surface area contributed by atoms with E-state index in [2.05, 4.69) is 13.2 Å². The Morgan fingerprint density at radius 2 is 2.00 bits per heavy atom. The molecule has 1 N–H and O–H groups in total. The lowest BCUT2D eigenvalue weighted by Gasteiger charge is -2.43. The molecule has 0 aromatic heterocycles. The molecule has 0 aromatic carbocycles. The van der Waals surface area contributed by atoms with Gasteiger partial charge in [0.2, 0.25) is 11.8 Å². The number of carbonyl (C=O) groups is 3. The Bertz CT molecular complexity index is 835. The van der Waals surface area contributed by atoms with Crippen molar-refractivity contribution in [1.29, 1.82) is 0 Å². The summed E-state index contributed by atoms with van der Waals surface area (Å²) in [4.78, 5) is 44.3. The minimum absolute atomic E-state index is 0.0410. The van der Waals surface area contributed by atoms with Gasteiger partial charge in [0.05, 0.1) is 24.2 Å². The molecule has 3 saturated heterocycles. The van der Waals surface area contributed by atoms with Gasteiger partial charge in [-0.05, 0) is 47.0 Å². The van der Waals surface area contributed by atoms with Crippen LogP contribution in [0.1, 0.15) is 53.9 Å². The van der Waals surface area contributed by atoms with Crippen molar-refractivity contribution in [2.24, 2.45) is 11.8 Å². The Hall–Kier alpha value is -2.19. The van der Waals surface area contributed by atoms with Crippen LogP contribution in [0.5, 0.6) is 0 Å². The molecule has 0 aromatic rings. The average molecular weight is 463 g/mol. The fourth-order valence-electron chi connectivity index (χ4n) is 6.06. The van der Waals surface area contributed by atoms with Gasteiger partial charge >= 0.3 is 5.97 Å². The highest BCUT2D eigenvalue weighted by Crippen LogP contribution is 2.64. The van der Waals surface area contributed by atoms with E-state index in [4.69, 9.17) is 9.47 Å². The van der Waals surface area contributed by atoms with Crippen molar-refractivity contribution in [2.75, 3.05) is 19.8 Å². The average Bonchev–Trinajstić information content (AvgIpc) is 3.37. The molecule has 3 aliphatic rings. The Balaban J connectivity index is 2.15. The van der Waals surface area contributed by atoms with Crippen molar-refractivity contribution in [3.63, 3.8) is 0 Å². The van der Waals surface area contributed by atoms with Crippen molar-refractivity contribution < 1.29 is 29.0 Å². The van der Waals surface area contributed by atoms with E-state index in [1.54, 1.807) is 17.9 Å². The minimum Gasteiger partial charge on any atom is -0.461 e. The lowest BCUT2D eigenvalue weighted by molar-refractivity contribution is -0.163. The third kappa shape index (κ3) is 3.71. The van der Waals surface area contributed by atoms with Crippen LogP contribution in [0.25, 0.3) is 0 Å². The third-order valence-corrected chi connectivity index (χ3v) is 7.58. The summed E-state index contributed by atoms with van der Waals surface area (Å²) >= 11 is 0. The maximum Gasteiger partial charge on any atom is 0.313 e. The molecule has 3 aliphatic heterocycles. The van der Waals surface area contributed by atoms with Crippen molar-refractivity contribution in [3.8, 4) is 0 Å². The Morgan fingerprint density at radius 3 is 2.52 bits per heavy atom. The summed E-state index contributed by atoms with van der Waals surface area (Å²) in [6.07, 6.45) is 4.71. The van der Waals surface area contributed by atoms with Crippen LogP contribution < -0.4 is 0 Å². The summed E-state index contributed by atoms with van der Waals surface area (Å²) in [5.74, 6) is -2.74. The van der Waals surface area contributed by atoms with E-state index in [1.807, 2.05) is 27.7 Å². The highest BCUT2D eigenvalue weighted by atomic mass is 16.6. The van der Waals surface area contributed by atoms with Gasteiger partial charge in [-0.2, -0.15) is 0 Å². The zero-order valence-corrected chi connectivity index (χ0v) is 20.5. The molecule has 1 spiro atoms. The molecular weight excluding hydrogens is 424 g/mol. The normalized spacial score (nSPS) is 33.6. The standard InChI is InChI=1S/C25H38N2O6/c1-8-13-26(23(5,6)7)21(30)19-25-12-11-24(10-3,33-25)18(22(31)32-14-9-2)17(25)20(29)27(19)16(4)15-28/h8-9,16-19,28H,1-2,10-15H2,3-7H3/t16-,17+,18+,19?,24-,25?/m1/s1. The van der Waals surface area contributed by atoms with Gasteiger partial charge in [-0.15, -0.1) is 6.58 Å². The second-order valence-electron chi connectivity index (χ2n) is 10.4. The van der Waals surface area contributed by atoms with Crippen molar-refractivity contribution in [1.82, 2.24) is 9.80 Å². The molecule has 8 nitrogen and oxygen atoms in total. The minimum atomic E-state index is -1.14. The molecule has 0 saturated carbocycles. The number of rotatable bonds is 9. The van der Waals surface area contributed by atoms with Crippen molar-refractivity contribution >= 4 is 17.8 Å². The number of hydrogen-bond acceptors (Lipinski definition) is 6. The Morgan fingerprint density at radius 1 is 1.33 bits per heavy atom. The van der Waals surface area contributed by atoms with Gasteiger partial charge in [-0.1, -0.05) is 25.7 Å². The maximum absolute atomic E-state index is 14.1. The van der Waals surface area contributed by atoms with Crippen LogP contribution in [0.2, 0.25) is 0 Å². The molecule has 33 heavy (non-hydrogen) atoms. The van der Waals surface area contributed by atoms with E-state index < -0.39 is 46.6 Å². The van der Waals surface area contributed by atoms with Crippen LogP contribution in [0.15, 0.2) is 25.3 Å². The number of carbonyl (C=O) groups excluding carboxylic acids is 3. The van der Waals surface area contributed by atoms with Crippen LogP contribution in [0.3, 0.4) is 0 Å². The number of amides is 2. The monoisotopic (exact) mass is 462 g/mol. The summed E-state index contributed by atoms with van der Waals surface area (Å²) < 4.78 is 12.1. The fraction of sp³-hybridized carbons (Fsp3) is 0.720. The van der Waals surface area contributed by atoms with E-state index in [9.17, 15) is 19.5 Å². The molecule has 184 valence electrons. The van der Waals surface area contributed by atoms with Gasteiger partial charge in [-0.3, -0.25) is 14.4 Å². The number of likely N-dealkylation sites (tertiary alicyclic amines) is 1. The molecule has 6 atom stereocenters. The number of aliphatic hydroxyl groups is 1. The zero-order chi connectivity index (χ0) is 24.8. The summed E-state index contributed by atoms with van der Waals surface area (Å²) in [5.41, 5.74) is -2.52. The first-order valence-electron chi connectivity index (χ1n) is 11.8. The highest BCUT2D eigenvalue weighted by Gasteiger charge is 2.79. The Kier molecular flexibility index (Phi) is 6.84. The fourth-order valence-corrected chi connectivity index (χ4v) is 6.06. The van der Waals surface area contributed by atoms with Crippen LogP contribution in [-0.4, -0.2) is 81.3 Å². The number of ether oxygens (including phenoxy) is 2. The van der Waals surface area contributed by atoms with E-state index in [-0.39, 0.29) is 25.0 Å². The van der Waals surface area contributed by atoms with Gasteiger partial charge in [0.1, 0.15) is 24.2 Å². The molecule has 8 heteroatoms. The first-order valence-corrected chi connectivity index (χ1v) is 11.8. The second-order valence-corrected chi connectivity index (χ2v) is 10.4. The van der Waals surface area contributed by atoms with Crippen LogP contribution >= 0.6 is 0 Å². The number of esters is 1. The molecule has 3 rings (SSSR count). The van der Waals surface area contributed by atoms with Gasteiger partial charge in [-0.25, -0.2) is 0 Å². The van der Waals surface area contributed by atoms with Crippen molar-refractivity contribution in [2.45, 2.75) is 82.7 Å². The topological polar surface area (TPSA) is 96.4 Å². The van der Waals surface area contributed by atoms with Gasteiger partial charge in [0.25, 0.3) is 0 Å². The first-order chi connectivity index (χ1) is 15.5. The largest absolute Gasteiger partial charge is 0.461 e. The summed E-state index contributed by atoms with van der Waals surface area (Å²) in [6, 6.07) is -1.55. The smallest absolute Gasteiger partial charge is 0.313 e. The molecule has 3 heterocycles. The van der Waals surface area contributed by atoms with Crippen LogP contribution in [0, 0.1) is 11.8 Å². The summed E-state index contributed by atoms with van der Waals surface area (Å²) in [6.45, 7) is 16.8. The second kappa shape index (κ2) is 8.87. The Labute approximate surface area is 196 Å². The highest BCUT2D eigenvalue weighted by molar-refractivity contribution is 5.99. The van der Waals surface area contributed by atoms with Crippen LogP contribution in [0.4, 0.5) is 0 Å². The molecule has 0 aliphatic carbocycles. The van der Waals surface area contributed by atoms with E-state index >= 15 is 0 Å². The quantitative estimate of drug-likeness (QED) is 0.416. The summed E-state index contributed by atoms with van der Waals surface area (Å²) in [7, 11) is 0. The van der Waals surface area contributed by atoms with Gasteiger partial charge in [0, 0.05) is 12.1 Å². The first kappa shape index (κ1) is 25.4. The lowest BCUT2D eigenvalue weighted by atomic mass is 9.65. The van der Waals surface area contributed by atoms with Crippen LogP contribution in [-0.2, 0) is 23.9 Å². The maximum atomic E-state index is 14.1. The zero-order valence-electron chi connectivity index (χ0n) is 20.5. The molecule has 2 amide bonds.